The van der Waals surface area contributed by atoms with Gasteiger partial charge in [-0.2, -0.15) is 0 Å². The van der Waals surface area contributed by atoms with Gasteiger partial charge < -0.3 is 0 Å². The zero-order valence-electron chi connectivity index (χ0n) is 9.72. The molecule has 0 fully saturated rings. The van der Waals surface area contributed by atoms with Crippen LogP contribution in [0.25, 0.3) is 11.8 Å². The molecule has 96 valence electrons. The van der Waals surface area contributed by atoms with E-state index in [0.29, 0.717) is 15.6 Å². The topological polar surface area (TPSA) is 43.1 Å². The zero-order valence-corrected chi connectivity index (χ0v) is 11.3. The summed E-state index contributed by atoms with van der Waals surface area (Å²) >= 11 is 3.19. The lowest BCUT2D eigenvalue weighted by Gasteiger charge is -2.01. The highest BCUT2D eigenvalue weighted by Crippen LogP contribution is 2.24. The molecule has 0 bridgehead atoms. The number of nitrogens with zero attached hydrogens (tertiary/aromatic N) is 1. The Hall–Kier alpha value is -2.01. The summed E-state index contributed by atoms with van der Waals surface area (Å²) in [5.74, 6) is -0.397. The first-order chi connectivity index (χ1) is 9.08. The summed E-state index contributed by atoms with van der Waals surface area (Å²) in [5.41, 5.74) is 1.02. The SMILES string of the molecule is O=[N+]([O-])/C(=C/c1ccc(F)cc1Br)c1ccccc1. The van der Waals surface area contributed by atoms with Gasteiger partial charge in [0.2, 0.25) is 0 Å². The maximum atomic E-state index is 13.0. The maximum absolute atomic E-state index is 13.0. The average molecular weight is 322 g/mol. The predicted octanol–water partition coefficient (Wildman–Crippen LogP) is 4.36. The summed E-state index contributed by atoms with van der Waals surface area (Å²) in [6, 6.07) is 12.6. The molecule has 3 nitrogen and oxygen atoms in total. The second-order valence-electron chi connectivity index (χ2n) is 3.82. The molecule has 0 unspecified atom stereocenters. The quantitative estimate of drug-likeness (QED) is 0.479. The van der Waals surface area contributed by atoms with Gasteiger partial charge in [0.05, 0.1) is 10.5 Å². The number of hydrogen-bond acceptors (Lipinski definition) is 2. The van der Waals surface area contributed by atoms with Crippen molar-refractivity contribution in [3.8, 4) is 0 Å². The van der Waals surface area contributed by atoms with Gasteiger partial charge >= 0.3 is 0 Å². The molecule has 0 saturated carbocycles. The monoisotopic (exact) mass is 321 g/mol. The molecule has 0 radical (unpaired) electrons. The van der Waals surface area contributed by atoms with E-state index in [1.807, 2.05) is 0 Å². The van der Waals surface area contributed by atoms with Crippen LogP contribution in [-0.4, -0.2) is 4.92 Å². The van der Waals surface area contributed by atoms with E-state index in [1.54, 1.807) is 30.3 Å². The summed E-state index contributed by atoms with van der Waals surface area (Å²) in [6.07, 6.45) is 1.42. The second-order valence-corrected chi connectivity index (χ2v) is 4.67. The molecule has 2 aromatic rings. The minimum Gasteiger partial charge on any atom is -0.258 e. The highest BCUT2D eigenvalue weighted by Gasteiger charge is 2.14. The highest BCUT2D eigenvalue weighted by molar-refractivity contribution is 9.10. The lowest BCUT2D eigenvalue weighted by molar-refractivity contribution is -0.374. The summed E-state index contributed by atoms with van der Waals surface area (Å²) in [6.45, 7) is 0. The van der Waals surface area contributed by atoms with E-state index in [0.717, 1.165) is 0 Å². The Balaban J connectivity index is 2.51. The molecule has 0 atom stereocenters. The predicted molar refractivity (Wildman–Crippen MR) is 75.4 cm³/mol. The Morgan fingerprint density at radius 2 is 1.89 bits per heavy atom. The van der Waals surface area contributed by atoms with Crippen molar-refractivity contribution in [1.82, 2.24) is 0 Å². The van der Waals surface area contributed by atoms with Crippen molar-refractivity contribution in [2.75, 3.05) is 0 Å². The lowest BCUT2D eigenvalue weighted by atomic mass is 10.1. The van der Waals surface area contributed by atoms with Gasteiger partial charge in [0.15, 0.2) is 0 Å². The van der Waals surface area contributed by atoms with Gasteiger partial charge in [0.25, 0.3) is 5.70 Å². The fourth-order valence-electron chi connectivity index (χ4n) is 1.62. The summed E-state index contributed by atoms with van der Waals surface area (Å²) in [4.78, 5) is 10.7. The minimum atomic E-state index is -0.453. The molecule has 0 N–H and O–H groups in total. The average Bonchev–Trinajstić information content (AvgIpc) is 2.38. The molecule has 0 aliphatic rings. The zero-order chi connectivity index (χ0) is 13.8. The van der Waals surface area contributed by atoms with Crippen LogP contribution >= 0.6 is 15.9 Å². The number of nitro groups is 1. The molecule has 0 aromatic heterocycles. The van der Waals surface area contributed by atoms with Crippen LogP contribution in [0.2, 0.25) is 0 Å². The van der Waals surface area contributed by atoms with E-state index in [1.165, 1.54) is 24.3 Å². The van der Waals surface area contributed by atoms with E-state index in [4.69, 9.17) is 0 Å². The number of hydrogen-bond donors (Lipinski definition) is 0. The first-order valence-corrected chi connectivity index (χ1v) is 6.24. The van der Waals surface area contributed by atoms with Gasteiger partial charge in [-0.15, -0.1) is 0 Å². The van der Waals surface area contributed by atoms with Crippen molar-refractivity contribution in [1.29, 1.82) is 0 Å². The van der Waals surface area contributed by atoms with Gasteiger partial charge in [-0.1, -0.05) is 40.2 Å². The Morgan fingerprint density at radius 3 is 2.47 bits per heavy atom. The molecule has 2 rings (SSSR count). The molecule has 0 spiro atoms. The summed E-state index contributed by atoms with van der Waals surface area (Å²) in [7, 11) is 0. The molecular formula is C14H9BrFNO2. The standard InChI is InChI=1S/C14H9BrFNO2/c15-13-9-12(16)7-6-11(13)8-14(17(18)19)10-4-2-1-3-5-10/h1-9H/b14-8+. The Kier molecular flexibility index (Phi) is 4.06. The van der Waals surface area contributed by atoms with E-state index >= 15 is 0 Å². The van der Waals surface area contributed by atoms with Crippen molar-refractivity contribution in [3.63, 3.8) is 0 Å². The number of benzene rings is 2. The molecule has 0 saturated heterocycles. The van der Waals surface area contributed by atoms with Crippen molar-refractivity contribution >= 4 is 27.7 Å². The highest BCUT2D eigenvalue weighted by atomic mass is 79.9. The molecule has 2 aromatic carbocycles. The van der Waals surface area contributed by atoms with Crippen molar-refractivity contribution in [3.05, 3.63) is 80.1 Å². The van der Waals surface area contributed by atoms with Crippen molar-refractivity contribution in [2.45, 2.75) is 0 Å². The van der Waals surface area contributed by atoms with Gasteiger partial charge in [-0.05, 0) is 29.8 Å². The van der Waals surface area contributed by atoms with Crippen LogP contribution in [-0.2, 0) is 0 Å². The van der Waals surface area contributed by atoms with E-state index in [2.05, 4.69) is 15.9 Å². The molecule has 0 aliphatic heterocycles. The molecule has 0 aliphatic carbocycles. The number of rotatable bonds is 3. The normalized spacial score (nSPS) is 11.4. The van der Waals surface area contributed by atoms with Crippen molar-refractivity contribution < 1.29 is 9.31 Å². The first-order valence-electron chi connectivity index (χ1n) is 5.44. The molecule has 5 heteroatoms. The molecule has 0 amide bonds. The van der Waals surface area contributed by atoms with Crippen LogP contribution in [0.15, 0.2) is 53.0 Å². The van der Waals surface area contributed by atoms with Gasteiger partial charge in [0.1, 0.15) is 5.82 Å². The fourth-order valence-corrected chi connectivity index (χ4v) is 2.08. The lowest BCUT2D eigenvalue weighted by Crippen LogP contribution is -1.97. The summed E-state index contributed by atoms with van der Waals surface area (Å²) < 4.78 is 13.5. The first kappa shape index (κ1) is 13.4. The molecule has 0 heterocycles. The van der Waals surface area contributed by atoms with Crippen LogP contribution in [0, 0.1) is 15.9 Å². The van der Waals surface area contributed by atoms with Gasteiger partial charge in [-0.3, -0.25) is 10.1 Å². The van der Waals surface area contributed by atoms with Crippen LogP contribution < -0.4 is 0 Å². The largest absolute Gasteiger partial charge is 0.277 e. The Morgan fingerprint density at radius 1 is 1.21 bits per heavy atom. The molecule has 19 heavy (non-hydrogen) atoms. The summed E-state index contributed by atoms with van der Waals surface area (Å²) in [5, 5.41) is 11.1. The van der Waals surface area contributed by atoms with Crippen molar-refractivity contribution in [2.24, 2.45) is 0 Å². The Labute approximate surface area is 117 Å². The number of halogens is 2. The van der Waals surface area contributed by atoms with Crippen LogP contribution in [0.1, 0.15) is 11.1 Å². The second kappa shape index (κ2) is 5.75. The third-order valence-corrected chi connectivity index (χ3v) is 3.21. The van der Waals surface area contributed by atoms with Gasteiger partial charge in [0, 0.05) is 10.5 Å². The Bertz CT molecular complexity index is 641. The van der Waals surface area contributed by atoms with Crippen LogP contribution in [0.3, 0.4) is 0 Å². The third-order valence-electron chi connectivity index (χ3n) is 2.52. The van der Waals surface area contributed by atoms with Crippen LogP contribution in [0.4, 0.5) is 4.39 Å². The van der Waals surface area contributed by atoms with E-state index in [-0.39, 0.29) is 5.70 Å². The van der Waals surface area contributed by atoms with E-state index in [9.17, 15) is 14.5 Å². The molecular weight excluding hydrogens is 313 g/mol. The smallest absolute Gasteiger partial charge is 0.258 e. The fraction of sp³-hybridized carbons (Fsp3) is 0. The minimum absolute atomic E-state index is 0.0343. The van der Waals surface area contributed by atoms with E-state index < -0.39 is 10.7 Å². The van der Waals surface area contributed by atoms with Gasteiger partial charge in [-0.25, -0.2) is 4.39 Å². The third kappa shape index (κ3) is 3.26. The maximum Gasteiger partial charge on any atom is 0.277 e. The van der Waals surface area contributed by atoms with Crippen LogP contribution in [0.5, 0.6) is 0 Å².